The summed E-state index contributed by atoms with van der Waals surface area (Å²) in [7, 11) is -1.77. The van der Waals surface area contributed by atoms with Gasteiger partial charge in [0.05, 0.1) is 6.33 Å². The lowest BCUT2D eigenvalue weighted by Crippen LogP contribution is -2.49. The molecule has 3 heterocycles. The lowest BCUT2D eigenvalue weighted by molar-refractivity contribution is 0.381. The van der Waals surface area contributed by atoms with Gasteiger partial charge in [0.2, 0.25) is 5.95 Å². The highest BCUT2D eigenvalue weighted by Gasteiger charge is 2.30. The molecule has 1 aliphatic heterocycles. The van der Waals surface area contributed by atoms with Gasteiger partial charge in [-0.1, -0.05) is 0 Å². The summed E-state index contributed by atoms with van der Waals surface area (Å²) < 4.78 is 28.0. The van der Waals surface area contributed by atoms with Crippen LogP contribution >= 0.6 is 0 Å². The number of nitrogens with zero attached hydrogens (tertiary/aromatic N) is 6. The molecular formula is C12H16N6O2S. The van der Waals surface area contributed by atoms with E-state index < -0.39 is 10.0 Å². The second-order valence-electron chi connectivity index (χ2n) is 4.82. The molecule has 0 spiro atoms. The Morgan fingerprint density at radius 1 is 1.05 bits per heavy atom. The Kier molecular flexibility index (Phi) is 3.60. The van der Waals surface area contributed by atoms with Gasteiger partial charge in [0.15, 0.2) is 5.03 Å². The standard InChI is InChI=1S/C12H16N6O2S/c1-16-9-11(15-10-16)21(19,20)18-7-5-17(6-8-18)12-13-3-2-4-14-12/h2-4,9-10H,5-8H2,1H3. The molecule has 0 atom stereocenters. The largest absolute Gasteiger partial charge is 0.339 e. The topological polar surface area (TPSA) is 84.2 Å². The van der Waals surface area contributed by atoms with Crippen LogP contribution in [0.4, 0.5) is 5.95 Å². The van der Waals surface area contributed by atoms with Gasteiger partial charge in [-0.25, -0.2) is 23.4 Å². The fourth-order valence-electron chi connectivity index (χ4n) is 2.24. The fourth-order valence-corrected chi connectivity index (χ4v) is 3.63. The molecule has 0 amide bonds. The first-order valence-electron chi connectivity index (χ1n) is 6.57. The van der Waals surface area contributed by atoms with Crippen molar-refractivity contribution in [2.24, 2.45) is 7.05 Å². The van der Waals surface area contributed by atoms with Gasteiger partial charge in [-0.3, -0.25) is 0 Å². The van der Waals surface area contributed by atoms with Crippen LogP contribution in [-0.4, -0.2) is 58.4 Å². The van der Waals surface area contributed by atoms with Crippen LogP contribution in [0.3, 0.4) is 0 Å². The molecule has 8 nitrogen and oxygen atoms in total. The molecule has 0 saturated carbocycles. The minimum atomic E-state index is -3.51. The van der Waals surface area contributed by atoms with Crippen molar-refractivity contribution in [1.29, 1.82) is 0 Å². The smallest absolute Gasteiger partial charge is 0.262 e. The van der Waals surface area contributed by atoms with Crippen molar-refractivity contribution in [3.63, 3.8) is 0 Å². The summed E-state index contributed by atoms with van der Waals surface area (Å²) in [5.74, 6) is 0.632. The van der Waals surface area contributed by atoms with Gasteiger partial charge < -0.3 is 9.47 Å². The lowest BCUT2D eigenvalue weighted by atomic mass is 10.4. The van der Waals surface area contributed by atoms with E-state index in [-0.39, 0.29) is 5.03 Å². The van der Waals surface area contributed by atoms with Crippen molar-refractivity contribution < 1.29 is 8.42 Å². The van der Waals surface area contributed by atoms with Crippen LogP contribution in [0.25, 0.3) is 0 Å². The summed E-state index contributed by atoms with van der Waals surface area (Å²) in [6.07, 6.45) is 6.36. The maximum atomic E-state index is 12.4. The molecule has 0 N–H and O–H groups in total. The van der Waals surface area contributed by atoms with Crippen LogP contribution < -0.4 is 4.90 Å². The quantitative estimate of drug-likeness (QED) is 0.775. The summed E-state index contributed by atoms with van der Waals surface area (Å²) in [6.45, 7) is 1.93. The first-order valence-corrected chi connectivity index (χ1v) is 8.01. The normalized spacial score (nSPS) is 17.1. The summed E-state index contributed by atoms with van der Waals surface area (Å²) in [6, 6.07) is 1.76. The molecule has 2 aromatic rings. The van der Waals surface area contributed by atoms with E-state index in [0.717, 1.165) is 0 Å². The maximum Gasteiger partial charge on any atom is 0.262 e. The first-order chi connectivity index (χ1) is 10.1. The van der Waals surface area contributed by atoms with E-state index in [4.69, 9.17) is 0 Å². The average molecular weight is 308 g/mol. The molecule has 0 radical (unpaired) electrons. The Labute approximate surface area is 123 Å². The fraction of sp³-hybridized carbons (Fsp3) is 0.417. The number of piperazine rings is 1. The lowest BCUT2D eigenvalue weighted by Gasteiger charge is -2.33. The Morgan fingerprint density at radius 3 is 2.29 bits per heavy atom. The van der Waals surface area contributed by atoms with Crippen molar-refractivity contribution in [2.75, 3.05) is 31.1 Å². The second-order valence-corrected chi connectivity index (χ2v) is 6.70. The summed E-state index contributed by atoms with van der Waals surface area (Å²) >= 11 is 0. The van der Waals surface area contributed by atoms with Crippen molar-refractivity contribution in [2.45, 2.75) is 5.03 Å². The monoisotopic (exact) mass is 308 g/mol. The molecule has 0 aliphatic carbocycles. The number of hydrogen-bond acceptors (Lipinski definition) is 6. The highest BCUT2D eigenvalue weighted by atomic mass is 32.2. The zero-order valence-electron chi connectivity index (χ0n) is 11.6. The Balaban J connectivity index is 1.71. The van der Waals surface area contributed by atoms with Crippen LogP contribution in [0, 0.1) is 0 Å². The molecule has 1 aliphatic rings. The zero-order chi connectivity index (χ0) is 14.9. The molecule has 112 valence electrons. The number of aromatic nitrogens is 4. The van der Waals surface area contributed by atoms with Crippen molar-refractivity contribution in [3.8, 4) is 0 Å². The van der Waals surface area contributed by atoms with Crippen LogP contribution in [0.1, 0.15) is 0 Å². The molecular weight excluding hydrogens is 292 g/mol. The third kappa shape index (κ3) is 2.74. The number of hydrogen-bond donors (Lipinski definition) is 0. The van der Waals surface area contributed by atoms with Crippen LogP contribution in [0.5, 0.6) is 0 Å². The minimum Gasteiger partial charge on any atom is -0.339 e. The predicted octanol–water partition coefficient (Wildman–Crippen LogP) is -0.279. The summed E-state index contributed by atoms with van der Waals surface area (Å²) in [4.78, 5) is 14.3. The zero-order valence-corrected chi connectivity index (χ0v) is 12.4. The van der Waals surface area contributed by atoms with Gasteiger partial charge in [-0.15, -0.1) is 0 Å². The molecule has 0 unspecified atom stereocenters. The third-order valence-corrected chi connectivity index (χ3v) is 5.14. The molecule has 1 saturated heterocycles. The van der Waals surface area contributed by atoms with Gasteiger partial charge in [0.25, 0.3) is 10.0 Å². The van der Waals surface area contributed by atoms with Crippen molar-refractivity contribution in [3.05, 3.63) is 31.0 Å². The number of anilines is 1. The molecule has 21 heavy (non-hydrogen) atoms. The highest BCUT2D eigenvalue weighted by molar-refractivity contribution is 7.89. The van der Waals surface area contributed by atoms with E-state index >= 15 is 0 Å². The third-order valence-electron chi connectivity index (χ3n) is 3.36. The first kappa shape index (κ1) is 14.0. The number of rotatable bonds is 3. The Morgan fingerprint density at radius 2 is 1.71 bits per heavy atom. The number of imidazole rings is 1. The van der Waals surface area contributed by atoms with Crippen LogP contribution in [-0.2, 0) is 17.1 Å². The van der Waals surface area contributed by atoms with E-state index in [1.54, 1.807) is 30.1 Å². The van der Waals surface area contributed by atoms with Crippen LogP contribution in [0.2, 0.25) is 0 Å². The maximum absolute atomic E-state index is 12.4. The van der Waals surface area contributed by atoms with Gasteiger partial charge in [0, 0.05) is 51.8 Å². The van der Waals surface area contributed by atoms with E-state index in [9.17, 15) is 8.42 Å². The van der Waals surface area contributed by atoms with Crippen LogP contribution in [0.15, 0.2) is 36.0 Å². The minimum absolute atomic E-state index is 0.0920. The molecule has 0 bridgehead atoms. The SMILES string of the molecule is Cn1cnc(S(=O)(=O)N2CCN(c3ncccn3)CC2)c1. The molecule has 1 fully saturated rings. The molecule has 0 aromatic carbocycles. The summed E-state index contributed by atoms with van der Waals surface area (Å²) in [5.41, 5.74) is 0. The van der Waals surface area contributed by atoms with Gasteiger partial charge in [-0.2, -0.15) is 4.31 Å². The molecule has 2 aromatic heterocycles. The predicted molar refractivity (Wildman–Crippen MR) is 76.2 cm³/mol. The van der Waals surface area contributed by atoms with Gasteiger partial charge in [0.1, 0.15) is 0 Å². The number of sulfonamides is 1. The van der Waals surface area contributed by atoms with Gasteiger partial charge in [-0.05, 0) is 6.07 Å². The Hall–Kier alpha value is -2.00. The second kappa shape index (κ2) is 5.41. The van der Waals surface area contributed by atoms with Crippen molar-refractivity contribution in [1.82, 2.24) is 23.8 Å². The van der Waals surface area contributed by atoms with E-state index in [0.29, 0.717) is 32.1 Å². The average Bonchev–Trinajstić information content (AvgIpc) is 2.96. The Bertz CT molecular complexity index is 706. The van der Waals surface area contributed by atoms with E-state index in [1.165, 1.54) is 16.8 Å². The summed E-state index contributed by atoms with van der Waals surface area (Å²) in [5, 5.41) is 0.0920. The molecule has 3 rings (SSSR count). The van der Waals surface area contributed by atoms with E-state index in [2.05, 4.69) is 15.0 Å². The van der Waals surface area contributed by atoms with Crippen molar-refractivity contribution >= 4 is 16.0 Å². The number of aryl methyl sites for hydroxylation is 1. The molecule has 9 heteroatoms. The van der Waals surface area contributed by atoms with E-state index in [1.807, 2.05) is 4.90 Å². The highest BCUT2D eigenvalue weighted by Crippen LogP contribution is 2.17. The van der Waals surface area contributed by atoms with Gasteiger partial charge >= 0.3 is 0 Å².